The first kappa shape index (κ1) is 14.1. The second-order valence-electron chi connectivity index (χ2n) is 3.99. The van der Waals surface area contributed by atoms with Crippen LogP contribution in [0.15, 0.2) is 22.4 Å². The van der Waals surface area contributed by atoms with Gasteiger partial charge in [0, 0.05) is 5.02 Å². The van der Waals surface area contributed by atoms with E-state index < -0.39 is 10.0 Å². The van der Waals surface area contributed by atoms with Crippen LogP contribution in [0.2, 0.25) is 5.02 Å². The van der Waals surface area contributed by atoms with Crippen molar-refractivity contribution in [2.24, 2.45) is 0 Å². The van der Waals surface area contributed by atoms with Gasteiger partial charge in [0.1, 0.15) is 0 Å². The minimum atomic E-state index is -3.69. The Morgan fingerprint density at radius 2 is 2.05 bits per heavy atom. The lowest BCUT2D eigenvalue weighted by atomic mass is 10.2. The quantitative estimate of drug-likeness (QED) is 0.911. The average molecular weight is 318 g/mol. The van der Waals surface area contributed by atoms with E-state index in [0.29, 0.717) is 16.4 Å². The molecule has 0 aliphatic heterocycles. The van der Waals surface area contributed by atoms with Gasteiger partial charge in [-0.25, -0.2) is 13.4 Å². The molecule has 1 aromatic carbocycles. The zero-order valence-electron chi connectivity index (χ0n) is 10.3. The number of thiazole rings is 1. The van der Waals surface area contributed by atoms with Gasteiger partial charge in [-0.3, -0.25) is 4.72 Å². The summed E-state index contributed by atoms with van der Waals surface area (Å²) in [6, 6.07) is 4.96. The van der Waals surface area contributed by atoms with Crippen LogP contribution in [0.4, 0.5) is 10.8 Å². The summed E-state index contributed by atoms with van der Waals surface area (Å²) in [7, 11) is -3.69. The number of hydrogen-bond acceptors (Lipinski definition) is 5. The summed E-state index contributed by atoms with van der Waals surface area (Å²) >= 11 is 6.89. The lowest BCUT2D eigenvalue weighted by molar-refractivity contribution is 0.602. The molecule has 0 fully saturated rings. The van der Waals surface area contributed by atoms with Crippen LogP contribution in [0.1, 0.15) is 11.3 Å². The number of benzene rings is 1. The highest BCUT2D eigenvalue weighted by atomic mass is 35.5. The Morgan fingerprint density at radius 3 is 2.58 bits per heavy atom. The second kappa shape index (κ2) is 4.99. The topological polar surface area (TPSA) is 85.1 Å². The maximum atomic E-state index is 12.2. The fourth-order valence-electron chi connectivity index (χ4n) is 1.51. The van der Waals surface area contributed by atoms with Gasteiger partial charge in [-0.05, 0) is 31.5 Å². The Morgan fingerprint density at radius 1 is 1.37 bits per heavy atom. The van der Waals surface area contributed by atoms with Gasteiger partial charge in [0.2, 0.25) is 0 Å². The van der Waals surface area contributed by atoms with Crippen molar-refractivity contribution in [3.8, 4) is 0 Å². The van der Waals surface area contributed by atoms with Gasteiger partial charge >= 0.3 is 0 Å². The molecule has 0 amide bonds. The van der Waals surface area contributed by atoms with E-state index in [0.717, 1.165) is 16.9 Å². The molecular formula is C11H12ClN3O2S2. The van der Waals surface area contributed by atoms with Crippen LogP contribution in [0.5, 0.6) is 0 Å². The van der Waals surface area contributed by atoms with Crippen molar-refractivity contribution in [2.45, 2.75) is 18.1 Å². The van der Waals surface area contributed by atoms with Crippen LogP contribution >= 0.6 is 22.9 Å². The van der Waals surface area contributed by atoms with E-state index in [9.17, 15) is 8.42 Å². The van der Waals surface area contributed by atoms with Crippen molar-refractivity contribution >= 4 is 43.8 Å². The SMILES string of the molecule is Cc1ccc(NS(=O)(=O)c2sc(N)nc2C)cc1Cl. The third-order valence-corrected chi connectivity index (χ3v) is 5.82. The van der Waals surface area contributed by atoms with E-state index in [-0.39, 0.29) is 9.34 Å². The number of hydrogen-bond donors (Lipinski definition) is 2. The molecule has 0 spiro atoms. The van der Waals surface area contributed by atoms with Gasteiger partial charge in [0.05, 0.1) is 11.4 Å². The molecular weight excluding hydrogens is 306 g/mol. The molecule has 0 aliphatic rings. The second-order valence-corrected chi connectivity index (χ2v) is 7.31. The summed E-state index contributed by atoms with van der Waals surface area (Å²) < 4.78 is 27.0. The number of sulfonamides is 1. The van der Waals surface area contributed by atoms with E-state index >= 15 is 0 Å². The minimum Gasteiger partial charge on any atom is -0.375 e. The van der Waals surface area contributed by atoms with Crippen LogP contribution < -0.4 is 10.5 Å². The monoisotopic (exact) mass is 317 g/mol. The summed E-state index contributed by atoms with van der Waals surface area (Å²) in [5.74, 6) is 0. The van der Waals surface area contributed by atoms with Crippen LogP contribution in [0.25, 0.3) is 0 Å². The maximum absolute atomic E-state index is 12.2. The average Bonchev–Trinajstić information content (AvgIpc) is 2.63. The van der Waals surface area contributed by atoms with E-state index in [1.165, 1.54) is 0 Å². The molecule has 0 saturated carbocycles. The first-order valence-electron chi connectivity index (χ1n) is 5.31. The third kappa shape index (κ3) is 2.99. The van der Waals surface area contributed by atoms with Gasteiger partial charge in [-0.2, -0.15) is 0 Å². The zero-order valence-corrected chi connectivity index (χ0v) is 12.7. The van der Waals surface area contributed by atoms with E-state index in [1.54, 1.807) is 25.1 Å². The molecule has 5 nitrogen and oxygen atoms in total. The Balaban J connectivity index is 2.36. The number of nitrogen functional groups attached to an aromatic ring is 1. The fourth-order valence-corrected chi connectivity index (χ4v) is 4.04. The van der Waals surface area contributed by atoms with Crippen molar-refractivity contribution in [2.75, 3.05) is 10.5 Å². The maximum Gasteiger partial charge on any atom is 0.273 e. The Labute approximate surface area is 120 Å². The molecule has 0 radical (unpaired) electrons. The van der Waals surface area contributed by atoms with Crippen LogP contribution in [-0.4, -0.2) is 13.4 Å². The van der Waals surface area contributed by atoms with Crippen LogP contribution in [-0.2, 0) is 10.0 Å². The van der Waals surface area contributed by atoms with Crippen molar-refractivity contribution in [1.82, 2.24) is 4.98 Å². The summed E-state index contributed by atoms with van der Waals surface area (Å²) in [4.78, 5) is 3.90. The predicted molar refractivity (Wildman–Crippen MR) is 78.3 cm³/mol. The van der Waals surface area contributed by atoms with E-state index in [1.807, 2.05) is 6.92 Å². The molecule has 1 aromatic heterocycles. The highest BCUT2D eigenvalue weighted by molar-refractivity contribution is 7.94. The molecule has 1 heterocycles. The molecule has 0 saturated heterocycles. The molecule has 0 aliphatic carbocycles. The number of nitrogens with one attached hydrogen (secondary N) is 1. The van der Waals surface area contributed by atoms with Gasteiger partial charge in [-0.15, -0.1) is 0 Å². The Kier molecular flexibility index (Phi) is 3.71. The minimum absolute atomic E-state index is 0.113. The number of aromatic nitrogens is 1. The smallest absolute Gasteiger partial charge is 0.273 e. The molecule has 102 valence electrons. The summed E-state index contributed by atoms with van der Waals surface area (Å²) in [5, 5.41) is 0.723. The van der Waals surface area contributed by atoms with E-state index in [4.69, 9.17) is 17.3 Å². The van der Waals surface area contributed by atoms with Gasteiger partial charge < -0.3 is 5.73 Å². The van der Waals surface area contributed by atoms with Crippen molar-refractivity contribution in [3.63, 3.8) is 0 Å². The first-order chi connectivity index (χ1) is 8.79. The van der Waals surface area contributed by atoms with Gasteiger partial charge in [-0.1, -0.05) is 29.0 Å². The number of halogens is 1. The molecule has 0 atom stereocenters. The normalized spacial score (nSPS) is 11.5. The first-order valence-corrected chi connectivity index (χ1v) is 7.99. The summed E-state index contributed by atoms with van der Waals surface area (Å²) in [6.45, 7) is 3.44. The van der Waals surface area contributed by atoms with Crippen molar-refractivity contribution in [3.05, 3.63) is 34.5 Å². The number of nitrogens with zero attached hydrogens (tertiary/aromatic N) is 1. The lowest BCUT2D eigenvalue weighted by Crippen LogP contribution is -2.12. The molecule has 0 unspecified atom stereocenters. The molecule has 8 heteroatoms. The highest BCUT2D eigenvalue weighted by Crippen LogP contribution is 2.28. The summed E-state index contributed by atoms with van der Waals surface area (Å²) in [6.07, 6.45) is 0. The van der Waals surface area contributed by atoms with Crippen LogP contribution in [0.3, 0.4) is 0 Å². The zero-order chi connectivity index (χ0) is 14.2. The van der Waals surface area contributed by atoms with Crippen molar-refractivity contribution in [1.29, 1.82) is 0 Å². The molecule has 3 N–H and O–H groups in total. The molecule has 0 bridgehead atoms. The Hall–Kier alpha value is -1.31. The largest absolute Gasteiger partial charge is 0.375 e. The Bertz CT molecular complexity index is 726. The third-order valence-electron chi connectivity index (χ3n) is 2.44. The molecule has 2 rings (SSSR count). The number of anilines is 2. The predicted octanol–water partition coefficient (Wildman–Crippen LogP) is 2.80. The van der Waals surface area contributed by atoms with Crippen molar-refractivity contribution < 1.29 is 8.42 Å². The fraction of sp³-hybridized carbons (Fsp3) is 0.182. The van der Waals surface area contributed by atoms with Crippen LogP contribution in [0, 0.1) is 13.8 Å². The standard InChI is InChI=1S/C11H12ClN3O2S2/c1-6-3-4-8(5-9(6)12)15-19(16,17)10-7(2)14-11(13)18-10/h3-5,15H,1-2H3,(H2,13,14). The van der Waals surface area contributed by atoms with Gasteiger partial charge in [0.25, 0.3) is 10.0 Å². The molecule has 19 heavy (non-hydrogen) atoms. The van der Waals surface area contributed by atoms with E-state index in [2.05, 4.69) is 9.71 Å². The molecule has 2 aromatic rings. The number of rotatable bonds is 3. The van der Waals surface area contributed by atoms with Gasteiger partial charge in [0.15, 0.2) is 9.34 Å². The number of aryl methyl sites for hydroxylation is 2. The number of nitrogens with two attached hydrogens (primary N) is 1. The lowest BCUT2D eigenvalue weighted by Gasteiger charge is -2.08. The summed E-state index contributed by atoms with van der Waals surface area (Å²) in [5.41, 5.74) is 7.17. The highest BCUT2D eigenvalue weighted by Gasteiger charge is 2.21.